The first-order valence-electron chi connectivity index (χ1n) is 3.38. The predicted molar refractivity (Wildman–Crippen MR) is 31.5 cm³/mol. The van der Waals surface area contributed by atoms with E-state index in [1.165, 1.54) is 0 Å². The van der Waals surface area contributed by atoms with Gasteiger partial charge < -0.3 is 19.7 Å². The van der Waals surface area contributed by atoms with Crippen LogP contribution in [0, 0.1) is 0 Å². The van der Waals surface area contributed by atoms with Gasteiger partial charge in [0.25, 0.3) is 0 Å². The molecule has 0 aromatic carbocycles. The van der Waals surface area contributed by atoms with E-state index in [1.807, 2.05) is 0 Å². The average Bonchev–Trinajstić information content (AvgIpc) is 2.13. The lowest BCUT2D eigenvalue weighted by Gasteiger charge is -2.27. The van der Waals surface area contributed by atoms with E-state index < -0.39 is 18.3 Å². The van der Waals surface area contributed by atoms with Crippen LogP contribution in [0.1, 0.15) is 0 Å². The zero-order valence-electron chi connectivity index (χ0n) is 5.43. The van der Waals surface area contributed by atoms with Crippen LogP contribution in [0.5, 0.6) is 0 Å². The largest absolute Gasteiger partial charge is 0.388 e. The number of hydrogen-bond acceptors (Lipinski definition) is 4. The van der Waals surface area contributed by atoms with Gasteiger partial charge in [-0.2, -0.15) is 0 Å². The monoisotopic (exact) mass is 146 g/mol. The summed E-state index contributed by atoms with van der Waals surface area (Å²) < 4.78 is 10.1. The SMILES string of the molecule is OC1COC2COC1C2O. The number of hydrogen-bond donors (Lipinski definition) is 2. The first-order valence-corrected chi connectivity index (χ1v) is 3.38. The minimum Gasteiger partial charge on any atom is -0.388 e. The second-order valence-corrected chi connectivity index (χ2v) is 2.73. The summed E-state index contributed by atoms with van der Waals surface area (Å²) >= 11 is 0. The number of aliphatic hydroxyl groups excluding tert-OH is 2. The fraction of sp³-hybridized carbons (Fsp3) is 1.00. The number of ether oxygens (including phenoxy) is 2. The summed E-state index contributed by atoms with van der Waals surface area (Å²) in [7, 11) is 0. The van der Waals surface area contributed by atoms with Crippen LogP contribution in [0.4, 0.5) is 0 Å². The van der Waals surface area contributed by atoms with Gasteiger partial charge in [0.05, 0.1) is 13.2 Å². The van der Waals surface area contributed by atoms with Crippen LogP contribution in [0.2, 0.25) is 0 Å². The molecule has 0 aromatic rings. The fourth-order valence-electron chi connectivity index (χ4n) is 1.42. The van der Waals surface area contributed by atoms with Crippen molar-refractivity contribution in [1.29, 1.82) is 0 Å². The quantitative estimate of drug-likeness (QED) is 0.437. The molecule has 2 N–H and O–H groups in total. The van der Waals surface area contributed by atoms with Gasteiger partial charge in [-0.1, -0.05) is 0 Å². The summed E-state index contributed by atoms with van der Waals surface area (Å²) in [4.78, 5) is 0. The lowest BCUT2D eigenvalue weighted by Crippen LogP contribution is -2.47. The molecule has 4 nitrogen and oxygen atoms in total. The van der Waals surface area contributed by atoms with Crippen molar-refractivity contribution in [2.75, 3.05) is 13.2 Å². The molecule has 0 aliphatic carbocycles. The summed E-state index contributed by atoms with van der Waals surface area (Å²) in [6.45, 7) is 0.690. The first-order chi connectivity index (χ1) is 4.79. The summed E-state index contributed by atoms with van der Waals surface area (Å²) in [5.41, 5.74) is 0. The van der Waals surface area contributed by atoms with E-state index >= 15 is 0 Å². The van der Waals surface area contributed by atoms with Gasteiger partial charge in [-0.25, -0.2) is 0 Å². The van der Waals surface area contributed by atoms with E-state index in [2.05, 4.69) is 0 Å². The van der Waals surface area contributed by atoms with Crippen LogP contribution in [-0.2, 0) is 9.47 Å². The molecule has 4 atom stereocenters. The van der Waals surface area contributed by atoms with E-state index in [0.29, 0.717) is 6.61 Å². The molecule has 2 rings (SSSR count). The molecule has 2 aliphatic heterocycles. The van der Waals surface area contributed by atoms with Gasteiger partial charge in [-0.15, -0.1) is 0 Å². The maximum Gasteiger partial charge on any atom is 0.114 e. The van der Waals surface area contributed by atoms with Crippen LogP contribution < -0.4 is 0 Å². The highest BCUT2D eigenvalue weighted by atomic mass is 16.6. The Morgan fingerprint density at radius 2 is 1.90 bits per heavy atom. The lowest BCUT2D eigenvalue weighted by molar-refractivity contribution is -0.126. The van der Waals surface area contributed by atoms with Crippen LogP contribution in [0.25, 0.3) is 0 Å². The third-order valence-corrected chi connectivity index (χ3v) is 2.03. The third kappa shape index (κ3) is 0.769. The van der Waals surface area contributed by atoms with Crippen molar-refractivity contribution in [3.05, 3.63) is 0 Å². The molecular formula is C6H10O4. The zero-order chi connectivity index (χ0) is 7.14. The molecule has 0 spiro atoms. The second-order valence-electron chi connectivity index (χ2n) is 2.73. The normalized spacial score (nSPS) is 53.4. The molecule has 0 amide bonds. The van der Waals surface area contributed by atoms with E-state index in [0.717, 1.165) is 0 Å². The second kappa shape index (κ2) is 2.17. The van der Waals surface area contributed by atoms with Crippen molar-refractivity contribution in [2.24, 2.45) is 0 Å². The van der Waals surface area contributed by atoms with Crippen LogP contribution in [-0.4, -0.2) is 47.8 Å². The molecule has 0 radical (unpaired) electrons. The highest BCUT2D eigenvalue weighted by molar-refractivity contribution is 4.92. The van der Waals surface area contributed by atoms with Crippen molar-refractivity contribution in [3.63, 3.8) is 0 Å². The highest BCUT2D eigenvalue weighted by Crippen LogP contribution is 2.25. The van der Waals surface area contributed by atoms with Crippen LogP contribution in [0.3, 0.4) is 0 Å². The molecule has 0 saturated carbocycles. The Bertz CT molecular complexity index is 138. The minimum atomic E-state index is -0.659. The molecule has 10 heavy (non-hydrogen) atoms. The predicted octanol–water partition coefficient (Wildman–Crippen LogP) is -1.49. The van der Waals surface area contributed by atoms with Crippen LogP contribution >= 0.6 is 0 Å². The van der Waals surface area contributed by atoms with Gasteiger partial charge >= 0.3 is 0 Å². The summed E-state index contributed by atoms with van der Waals surface area (Å²) in [5, 5.41) is 18.4. The molecule has 0 aromatic heterocycles. The van der Waals surface area contributed by atoms with Crippen LogP contribution in [0.15, 0.2) is 0 Å². The smallest absolute Gasteiger partial charge is 0.114 e. The summed E-state index contributed by atoms with van der Waals surface area (Å²) in [5.74, 6) is 0. The van der Waals surface area contributed by atoms with Crippen molar-refractivity contribution < 1.29 is 19.7 Å². The molecule has 4 heteroatoms. The third-order valence-electron chi connectivity index (χ3n) is 2.03. The first kappa shape index (κ1) is 6.54. The molecule has 2 heterocycles. The van der Waals surface area contributed by atoms with E-state index in [-0.39, 0.29) is 12.7 Å². The molecule has 2 aliphatic rings. The molecule has 4 unspecified atom stereocenters. The number of fused-ring (bicyclic) bond motifs is 2. The average molecular weight is 146 g/mol. The summed E-state index contributed by atoms with van der Waals surface area (Å²) in [6.07, 6.45) is -1.93. The Labute approximate surface area is 58.4 Å². The Kier molecular flexibility index (Phi) is 1.42. The van der Waals surface area contributed by atoms with Gasteiger partial charge in [0.1, 0.15) is 24.4 Å². The molecule has 2 fully saturated rings. The lowest BCUT2D eigenvalue weighted by atomic mass is 10.0. The maximum absolute atomic E-state index is 9.27. The molecule has 58 valence electrons. The Morgan fingerprint density at radius 3 is 2.60 bits per heavy atom. The Hall–Kier alpha value is -0.160. The van der Waals surface area contributed by atoms with Crippen molar-refractivity contribution >= 4 is 0 Å². The Morgan fingerprint density at radius 1 is 1.10 bits per heavy atom. The standard InChI is InChI=1S/C6H10O4/c7-3-1-9-4-2-10-6(3)5(4)8/h3-8H,1-2H2. The van der Waals surface area contributed by atoms with Gasteiger partial charge in [-0.3, -0.25) is 0 Å². The number of rotatable bonds is 0. The molecule has 2 bridgehead atoms. The zero-order valence-corrected chi connectivity index (χ0v) is 5.43. The highest BCUT2D eigenvalue weighted by Gasteiger charge is 2.45. The Balaban J connectivity index is 2.13. The minimum absolute atomic E-state index is 0.214. The van der Waals surface area contributed by atoms with E-state index in [9.17, 15) is 5.11 Å². The fourth-order valence-corrected chi connectivity index (χ4v) is 1.42. The summed E-state index contributed by atoms with van der Waals surface area (Å²) in [6, 6.07) is 0. The maximum atomic E-state index is 9.27. The van der Waals surface area contributed by atoms with Crippen molar-refractivity contribution in [2.45, 2.75) is 24.4 Å². The van der Waals surface area contributed by atoms with Gasteiger partial charge in [-0.05, 0) is 0 Å². The van der Waals surface area contributed by atoms with Crippen molar-refractivity contribution in [1.82, 2.24) is 0 Å². The van der Waals surface area contributed by atoms with Gasteiger partial charge in [0, 0.05) is 0 Å². The van der Waals surface area contributed by atoms with Gasteiger partial charge in [0.2, 0.25) is 0 Å². The van der Waals surface area contributed by atoms with Crippen molar-refractivity contribution in [3.8, 4) is 0 Å². The van der Waals surface area contributed by atoms with Gasteiger partial charge in [0.15, 0.2) is 0 Å². The topological polar surface area (TPSA) is 58.9 Å². The van der Waals surface area contributed by atoms with E-state index in [4.69, 9.17) is 14.6 Å². The molecular weight excluding hydrogens is 136 g/mol. The molecule has 2 saturated heterocycles. The van der Waals surface area contributed by atoms with E-state index in [1.54, 1.807) is 0 Å². The number of aliphatic hydroxyl groups is 2.